The number of benzene rings is 1. The van der Waals surface area contributed by atoms with E-state index in [9.17, 15) is 9.59 Å². The zero-order valence-corrected chi connectivity index (χ0v) is 15.7. The van der Waals surface area contributed by atoms with Crippen LogP contribution < -0.4 is 5.32 Å². The second-order valence-electron chi connectivity index (χ2n) is 6.59. The molecular formula is C20H26N4O2. The van der Waals surface area contributed by atoms with E-state index >= 15 is 0 Å². The van der Waals surface area contributed by atoms with Crippen LogP contribution in [0, 0.1) is 6.92 Å². The van der Waals surface area contributed by atoms with E-state index in [4.69, 9.17) is 0 Å². The maximum atomic E-state index is 12.9. The van der Waals surface area contributed by atoms with Crippen LogP contribution in [0.5, 0.6) is 0 Å². The number of amides is 2. The van der Waals surface area contributed by atoms with Crippen LogP contribution in [0.3, 0.4) is 0 Å². The van der Waals surface area contributed by atoms with E-state index in [1.54, 1.807) is 4.90 Å². The van der Waals surface area contributed by atoms with Crippen molar-refractivity contribution in [1.82, 2.24) is 14.5 Å². The summed E-state index contributed by atoms with van der Waals surface area (Å²) in [6.45, 7) is 7.85. The molecule has 0 radical (unpaired) electrons. The molecule has 26 heavy (non-hydrogen) atoms. The first kappa shape index (κ1) is 18.2. The van der Waals surface area contributed by atoms with E-state index in [0.717, 1.165) is 42.8 Å². The molecule has 2 heterocycles. The molecule has 138 valence electrons. The summed E-state index contributed by atoms with van der Waals surface area (Å²) in [6.07, 6.45) is 2.79. The first-order valence-corrected chi connectivity index (χ1v) is 9.32. The highest BCUT2D eigenvalue weighted by Gasteiger charge is 2.29. The van der Waals surface area contributed by atoms with E-state index in [2.05, 4.69) is 10.3 Å². The van der Waals surface area contributed by atoms with E-state index in [-0.39, 0.29) is 11.8 Å². The first-order valence-electron chi connectivity index (χ1n) is 9.32. The van der Waals surface area contributed by atoms with Crippen molar-refractivity contribution >= 4 is 17.5 Å². The van der Waals surface area contributed by atoms with Crippen LogP contribution in [-0.4, -0.2) is 39.4 Å². The molecule has 0 aliphatic carbocycles. The molecule has 1 aromatic carbocycles. The SMILES string of the molecule is CCN(CC)C(=O)c1nc(C(=O)Nc2ccccc2C)n2c1CCCC2. The second-order valence-corrected chi connectivity index (χ2v) is 6.59. The molecule has 6 nitrogen and oxygen atoms in total. The topological polar surface area (TPSA) is 67.2 Å². The Morgan fingerprint density at radius 3 is 2.62 bits per heavy atom. The van der Waals surface area contributed by atoms with Crippen molar-refractivity contribution in [3.8, 4) is 0 Å². The van der Waals surface area contributed by atoms with Crippen LogP contribution >= 0.6 is 0 Å². The second kappa shape index (κ2) is 7.72. The lowest BCUT2D eigenvalue weighted by Crippen LogP contribution is -2.31. The van der Waals surface area contributed by atoms with Crippen molar-refractivity contribution in [3.63, 3.8) is 0 Å². The van der Waals surface area contributed by atoms with Crippen LogP contribution in [0.4, 0.5) is 5.69 Å². The number of hydrogen-bond donors (Lipinski definition) is 1. The highest BCUT2D eigenvalue weighted by atomic mass is 16.2. The molecular weight excluding hydrogens is 328 g/mol. The molecule has 3 rings (SSSR count). The number of carbonyl (C=O) groups excluding carboxylic acids is 2. The Bertz CT molecular complexity index is 821. The molecule has 1 aliphatic rings. The Morgan fingerprint density at radius 2 is 1.92 bits per heavy atom. The summed E-state index contributed by atoms with van der Waals surface area (Å²) in [5.74, 6) is -0.0184. The Balaban J connectivity index is 1.96. The van der Waals surface area contributed by atoms with Gasteiger partial charge in [-0.25, -0.2) is 4.98 Å². The van der Waals surface area contributed by atoms with E-state index < -0.39 is 0 Å². The molecule has 0 bridgehead atoms. The van der Waals surface area contributed by atoms with Gasteiger partial charge in [0.15, 0.2) is 5.82 Å². The average Bonchev–Trinajstić information content (AvgIpc) is 3.04. The minimum Gasteiger partial charge on any atom is -0.338 e. The third kappa shape index (κ3) is 3.36. The molecule has 0 saturated heterocycles. The quantitative estimate of drug-likeness (QED) is 0.896. The molecule has 2 amide bonds. The minimum absolute atomic E-state index is 0.0874. The maximum absolute atomic E-state index is 12.9. The Labute approximate surface area is 154 Å². The number of fused-ring (bicyclic) bond motifs is 1. The minimum atomic E-state index is -0.263. The fourth-order valence-electron chi connectivity index (χ4n) is 3.44. The molecule has 1 aromatic heterocycles. The van der Waals surface area contributed by atoms with Crippen molar-refractivity contribution in [2.45, 2.75) is 46.6 Å². The fraction of sp³-hybridized carbons (Fsp3) is 0.450. The molecule has 0 fully saturated rings. The van der Waals surface area contributed by atoms with Crippen molar-refractivity contribution < 1.29 is 9.59 Å². The molecule has 0 unspecified atom stereocenters. The molecule has 6 heteroatoms. The average molecular weight is 354 g/mol. The number of nitrogens with zero attached hydrogens (tertiary/aromatic N) is 3. The summed E-state index contributed by atoms with van der Waals surface area (Å²) in [4.78, 5) is 32.0. The smallest absolute Gasteiger partial charge is 0.291 e. The molecule has 2 aromatic rings. The largest absolute Gasteiger partial charge is 0.338 e. The Morgan fingerprint density at radius 1 is 1.19 bits per heavy atom. The standard InChI is InChI=1S/C20H26N4O2/c1-4-23(5-2)20(26)17-16-12-8-9-13-24(16)18(22-17)19(25)21-15-11-7-6-10-14(15)3/h6-7,10-11H,4-5,8-9,12-13H2,1-3H3,(H,21,25). The highest BCUT2D eigenvalue weighted by Crippen LogP contribution is 2.23. The van der Waals surface area contributed by atoms with Crippen molar-refractivity contribution in [1.29, 1.82) is 0 Å². The van der Waals surface area contributed by atoms with Gasteiger partial charge in [0.05, 0.1) is 5.69 Å². The van der Waals surface area contributed by atoms with Gasteiger partial charge in [0.25, 0.3) is 11.8 Å². The van der Waals surface area contributed by atoms with Crippen LogP contribution in [0.15, 0.2) is 24.3 Å². The Hall–Kier alpha value is -2.63. The van der Waals surface area contributed by atoms with Gasteiger partial charge in [0.2, 0.25) is 0 Å². The van der Waals surface area contributed by atoms with Gasteiger partial charge in [-0.15, -0.1) is 0 Å². The summed E-state index contributed by atoms with van der Waals surface area (Å²) >= 11 is 0. The maximum Gasteiger partial charge on any atom is 0.291 e. The molecule has 0 atom stereocenters. The summed E-state index contributed by atoms with van der Waals surface area (Å²) in [7, 11) is 0. The number of hydrogen-bond acceptors (Lipinski definition) is 3. The van der Waals surface area contributed by atoms with Crippen molar-refractivity contribution in [2.24, 2.45) is 0 Å². The van der Waals surface area contributed by atoms with Gasteiger partial charge in [-0.1, -0.05) is 18.2 Å². The first-order chi connectivity index (χ1) is 12.6. The molecule has 1 N–H and O–H groups in total. The van der Waals surface area contributed by atoms with E-state index in [1.807, 2.05) is 49.6 Å². The lowest BCUT2D eigenvalue weighted by atomic mass is 10.1. The Kier molecular flexibility index (Phi) is 5.40. The third-order valence-electron chi connectivity index (χ3n) is 4.97. The zero-order valence-electron chi connectivity index (χ0n) is 15.7. The fourth-order valence-corrected chi connectivity index (χ4v) is 3.44. The number of imidazole rings is 1. The number of rotatable bonds is 5. The molecule has 0 spiro atoms. The lowest BCUT2D eigenvalue weighted by molar-refractivity contribution is 0.0766. The summed E-state index contributed by atoms with van der Waals surface area (Å²) in [6, 6.07) is 7.64. The molecule has 0 saturated carbocycles. The van der Waals surface area contributed by atoms with Gasteiger partial charge < -0.3 is 14.8 Å². The summed E-state index contributed by atoms with van der Waals surface area (Å²) in [5, 5.41) is 2.94. The van der Waals surface area contributed by atoms with Gasteiger partial charge in [0, 0.05) is 25.3 Å². The number of aromatic nitrogens is 2. The predicted octanol–water partition coefficient (Wildman–Crippen LogP) is 3.26. The normalized spacial score (nSPS) is 13.2. The van der Waals surface area contributed by atoms with Gasteiger partial charge >= 0.3 is 0 Å². The molecule has 1 aliphatic heterocycles. The number of anilines is 1. The van der Waals surface area contributed by atoms with Gasteiger partial charge in [-0.05, 0) is 51.7 Å². The van der Waals surface area contributed by atoms with Crippen molar-refractivity contribution in [3.05, 3.63) is 47.0 Å². The van der Waals surface area contributed by atoms with Gasteiger partial charge in [-0.3, -0.25) is 9.59 Å². The zero-order chi connectivity index (χ0) is 18.7. The monoisotopic (exact) mass is 354 g/mol. The van der Waals surface area contributed by atoms with Crippen LogP contribution in [-0.2, 0) is 13.0 Å². The number of aryl methyl sites for hydroxylation is 1. The van der Waals surface area contributed by atoms with Crippen molar-refractivity contribution in [2.75, 3.05) is 18.4 Å². The third-order valence-corrected chi connectivity index (χ3v) is 4.97. The predicted molar refractivity (Wildman–Crippen MR) is 102 cm³/mol. The van der Waals surface area contributed by atoms with E-state index in [0.29, 0.717) is 24.6 Å². The number of para-hydroxylation sites is 1. The van der Waals surface area contributed by atoms with E-state index in [1.165, 1.54) is 0 Å². The summed E-state index contributed by atoms with van der Waals surface area (Å²) < 4.78 is 1.92. The van der Waals surface area contributed by atoms with Crippen LogP contribution in [0.25, 0.3) is 0 Å². The summed E-state index contributed by atoms with van der Waals surface area (Å²) in [5.41, 5.74) is 3.08. The lowest BCUT2D eigenvalue weighted by Gasteiger charge is -2.20. The number of nitrogens with one attached hydrogen (secondary N) is 1. The van der Waals surface area contributed by atoms with Gasteiger partial charge in [-0.2, -0.15) is 0 Å². The van der Waals surface area contributed by atoms with Crippen LogP contribution in [0.1, 0.15) is 59.1 Å². The van der Waals surface area contributed by atoms with Crippen LogP contribution in [0.2, 0.25) is 0 Å². The highest BCUT2D eigenvalue weighted by molar-refractivity contribution is 6.04. The van der Waals surface area contributed by atoms with Gasteiger partial charge in [0.1, 0.15) is 5.69 Å². The number of carbonyl (C=O) groups is 2.